The normalized spacial score (nSPS) is 7.78. The molecule has 9 heavy (non-hydrogen) atoms. The molecule has 0 aliphatic heterocycles. The van der Waals surface area contributed by atoms with Gasteiger partial charge in [-0.05, 0) is 12.1 Å². The summed E-state index contributed by atoms with van der Waals surface area (Å²) in [7, 11) is 5.10. The summed E-state index contributed by atoms with van der Waals surface area (Å²) in [4.78, 5) is 3.78. The van der Waals surface area contributed by atoms with Gasteiger partial charge >= 0.3 is 43.6 Å². The van der Waals surface area contributed by atoms with E-state index in [1.165, 1.54) is 0 Å². The zero-order valence-corrected chi connectivity index (χ0v) is 9.54. The predicted octanol–water partition coefficient (Wildman–Crippen LogP) is -0.339. The van der Waals surface area contributed by atoms with Gasteiger partial charge in [-0.25, -0.2) is 0 Å². The summed E-state index contributed by atoms with van der Waals surface area (Å²) in [6, 6.07) is 5.72. The van der Waals surface area contributed by atoms with Crippen LogP contribution in [0.15, 0.2) is 30.6 Å². The van der Waals surface area contributed by atoms with Crippen LogP contribution in [0.25, 0.3) is 0 Å². The number of halogens is 3. The molecule has 0 fully saturated rings. The minimum atomic E-state index is 0.0322. The summed E-state index contributed by atoms with van der Waals surface area (Å²) in [5, 5.41) is 0. The number of pyridine rings is 1. The third-order valence-corrected chi connectivity index (χ3v) is 0.566. The first kappa shape index (κ1) is 9.90. The molecule has 1 rings (SSSR count). The van der Waals surface area contributed by atoms with Crippen molar-refractivity contribution in [2.45, 2.75) is 0 Å². The SMILES string of the molecule is Cl[I-]I.c1ccncc1. The molecule has 0 aliphatic carbocycles. The molecule has 52 valence electrons. The van der Waals surface area contributed by atoms with Crippen molar-refractivity contribution >= 4 is 27.5 Å². The molecule has 0 saturated heterocycles. The van der Waals surface area contributed by atoms with E-state index < -0.39 is 0 Å². The van der Waals surface area contributed by atoms with Crippen LogP contribution in [0.5, 0.6) is 0 Å². The predicted molar refractivity (Wildman–Crippen MR) is 44.1 cm³/mol. The minimum Gasteiger partial charge on any atom is -0.265 e. The first-order valence-electron chi connectivity index (χ1n) is 2.14. The van der Waals surface area contributed by atoms with Crippen LogP contribution in [0.1, 0.15) is 0 Å². The van der Waals surface area contributed by atoms with Crippen molar-refractivity contribution in [3.8, 4) is 0 Å². The Balaban J connectivity index is 0.000000187. The molecule has 0 bridgehead atoms. The van der Waals surface area contributed by atoms with Crippen molar-refractivity contribution in [2.75, 3.05) is 0 Å². The Morgan fingerprint density at radius 1 is 1.22 bits per heavy atom. The molecule has 0 N–H and O–H groups in total. The van der Waals surface area contributed by atoms with E-state index in [9.17, 15) is 0 Å². The largest absolute Gasteiger partial charge is 0.265 e. The molecule has 0 spiro atoms. The second kappa shape index (κ2) is 8.90. The number of hydrogen-bond donors (Lipinski definition) is 0. The zero-order valence-electron chi connectivity index (χ0n) is 4.47. The van der Waals surface area contributed by atoms with E-state index >= 15 is 0 Å². The zero-order chi connectivity index (χ0) is 6.95. The van der Waals surface area contributed by atoms with Crippen LogP contribution in [-0.4, -0.2) is 4.98 Å². The van der Waals surface area contributed by atoms with Crippen LogP contribution in [0.2, 0.25) is 0 Å². The molecular weight excluding hydrogens is 363 g/mol. The molecule has 0 amide bonds. The number of aromatic nitrogens is 1. The fourth-order valence-electron chi connectivity index (χ4n) is 0.313. The standard InChI is InChI=1S/C5H5N.ClI2/c1-2-4-6-5-3-1;1-3-2/h1-5H;/q;-1. The van der Waals surface area contributed by atoms with E-state index in [0.717, 1.165) is 0 Å². The van der Waals surface area contributed by atoms with E-state index in [4.69, 9.17) is 8.91 Å². The van der Waals surface area contributed by atoms with Crippen LogP contribution in [0, 0.1) is 0 Å². The van der Waals surface area contributed by atoms with E-state index in [0.29, 0.717) is 0 Å². The molecule has 1 heterocycles. The quantitative estimate of drug-likeness (QED) is 0.571. The molecule has 0 saturated carbocycles. The fourth-order valence-corrected chi connectivity index (χ4v) is 0.313. The summed E-state index contributed by atoms with van der Waals surface area (Å²) < 4.78 is 0. The van der Waals surface area contributed by atoms with Crippen LogP contribution in [0.4, 0.5) is 0 Å². The topological polar surface area (TPSA) is 12.9 Å². The summed E-state index contributed by atoms with van der Waals surface area (Å²) in [6.07, 6.45) is 3.50. The Hall–Kier alpha value is 0.900. The molecule has 1 nitrogen and oxygen atoms in total. The summed E-state index contributed by atoms with van der Waals surface area (Å²) in [5.74, 6) is 0. The third kappa shape index (κ3) is 8.90. The van der Waals surface area contributed by atoms with Gasteiger partial charge in [0, 0.05) is 12.4 Å². The van der Waals surface area contributed by atoms with Crippen molar-refractivity contribution < 1.29 is 16.1 Å². The van der Waals surface area contributed by atoms with Gasteiger partial charge in [-0.1, -0.05) is 6.07 Å². The van der Waals surface area contributed by atoms with Gasteiger partial charge in [-0.2, -0.15) is 0 Å². The van der Waals surface area contributed by atoms with Crippen LogP contribution < -0.4 is 16.1 Å². The summed E-state index contributed by atoms with van der Waals surface area (Å²) in [6.45, 7) is 0. The molecule has 0 unspecified atom stereocenters. The van der Waals surface area contributed by atoms with Gasteiger partial charge in [-0.3, -0.25) is 4.98 Å². The average molecular weight is 368 g/mol. The summed E-state index contributed by atoms with van der Waals surface area (Å²) >= 11 is 2.20. The smallest absolute Gasteiger partial charge is 0.0267 e. The maximum Gasteiger partial charge on any atom is 0.0267 e. The van der Waals surface area contributed by atoms with Crippen LogP contribution in [-0.2, 0) is 0 Å². The Morgan fingerprint density at radius 3 is 1.78 bits per heavy atom. The van der Waals surface area contributed by atoms with E-state index in [1.807, 2.05) is 18.2 Å². The average Bonchev–Trinajstić information content (AvgIpc) is 1.93. The van der Waals surface area contributed by atoms with Crippen LogP contribution >= 0.6 is 27.5 Å². The first-order chi connectivity index (χ1) is 4.41. The third-order valence-electron chi connectivity index (χ3n) is 0.566. The second-order valence-electron chi connectivity index (χ2n) is 1.08. The van der Waals surface area contributed by atoms with Crippen molar-refractivity contribution in [3.05, 3.63) is 30.6 Å². The monoisotopic (exact) mass is 368 g/mol. The molecule has 1 aromatic rings. The van der Waals surface area contributed by atoms with Gasteiger partial charge in [0.05, 0.1) is 0 Å². The van der Waals surface area contributed by atoms with Gasteiger partial charge in [0.15, 0.2) is 0 Å². The van der Waals surface area contributed by atoms with Crippen molar-refractivity contribution in [1.29, 1.82) is 0 Å². The van der Waals surface area contributed by atoms with Gasteiger partial charge in [-0.15, -0.1) is 0 Å². The molecule has 0 radical (unpaired) electrons. The van der Waals surface area contributed by atoms with Crippen molar-refractivity contribution in [1.82, 2.24) is 4.98 Å². The van der Waals surface area contributed by atoms with Crippen LogP contribution in [0.3, 0.4) is 0 Å². The maximum atomic E-state index is 5.10. The number of nitrogens with zero attached hydrogens (tertiary/aromatic N) is 1. The number of rotatable bonds is 0. The Labute approximate surface area is 78.4 Å². The Bertz CT molecular complexity index is 97.8. The van der Waals surface area contributed by atoms with E-state index in [2.05, 4.69) is 23.6 Å². The fraction of sp³-hybridized carbons (Fsp3) is 0. The Morgan fingerprint density at radius 2 is 1.67 bits per heavy atom. The van der Waals surface area contributed by atoms with Gasteiger partial charge in [0.25, 0.3) is 0 Å². The molecule has 0 atom stereocenters. The minimum absolute atomic E-state index is 0.0322. The van der Waals surface area contributed by atoms with E-state index in [-0.39, 0.29) is 16.1 Å². The first-order valence-corrected chi connectivity index (χ1v) is 11.2. The molecule has 4 heteroatoms. The van der Waals surface area contributed by atoms with Gasteiger partial charge in [0.2, 0.25) is 0 Å². The van der Waals surface area contributed by atoms with Gasteiger partial charge in [0.1, 0.15) is 0 Å². The second-order valence-corrected chi connectivity index (χ2v) is 8.31. The number of hydrogen-bond acceptors (Lipinski definition) is 1. The van der Waals surface area contributed by atoms with Crippen molar-refractivity contribution in [2.24, 2.45) is 0 Å². The molecule has 0 aromatic carbocycles. The molecule has 1 aromatic heterocycles. The van der Waals surface area contributed by atoms with Crippen molar-refractivity contribution in [3.63, 3.8) is 0 Å². The molecule has 0 aliphatic rings. The van der Waals surface area contributed by atoms with Gasteiger partial charge < -0.3 is 0 Å². The Kier molecular flexibility index (Phi) is 9.79. The molecular formula is C5H5ClI2N-. The summed E-state index contributed by atoms with van der Waals surface area (Å²) in [5.41, 5.74) is 0. The maximum absolute atomic E-state index is 5.10. The van der Waals surface area contributed by atoms with E-state index in [1.54, 1.807) is 12.4 Å².